The molecule has 0 saturated carbocycles. The van der Waals surface area contributed by atoms with Gasteiger partial charge in [-0.15, -0.1) is 0 Å². The highest BCUT2D eigenvalue weighted by atomic mass is 16.2. The second-order valence-corrected chi connectivity index (χ2v) is 3.62. The summed E-state index contributed by atoms with van der Waals surface area (Å²) in [5, 5.41) is 0. The van der Waals surface area contributed by atoms with E-state index in [9.17, 15) is 9.59 Å². The monoisotopic (exact) mass is 199 g/mol. The number of hydrogen-bond donors (Lipinski definition) is 1. The van der Waals surface area contributed by atoms with Crippen LogP contribution in [0.4, 0.5) is 0 Å². The van der Waals surface area contributed by atoms with Crippen molar-refractivity contribution in [2.24, 2.45) is 5.73 Å². The van der Waals surface area contributed by atoms with Crippen LogP contribution in [-0.2, 0) is 9.59 Å². The average molecular weight is 199 g/mol. The van der Waals surface area contributed by atoms with Crippen LogP contribution < -0.4 is 5.73 Å². The van der Waals surface area contributed by atoms with E-state index >= 15 is 0 Å². The molecule has 1 unspecified atom stereocenters. The van der Waals surface area contributed by atoms with Crippen molar-refractivity contribution < 1.29 is 9.59 Å². The molecule has 0 aromatic heterocycles. The molecule has 1 atom stereocenters. The van der Waals surface area contributed by atoms with Crippen molar-refractivity contribution in [3.63, 3.8) is 0 Å². The van der Waals surface area contributed by atoms with E-state index in [1.165, 1.54) is 0 Å². The topological polar surface area (TPSA) is 66.6 Å². The van der Waals surface area contributed by atoms with Gasteiger partial charge in [0.15, 0.2) is 0 Å². The number of carbonyl (C=O) groups is 2. The van der Waals surface area contributed by atoms with Gasteiger partial charge in [0.2, 0.25) is 11.8 Å². The molecule has 1 fully saturated rings. The fourth-order valence-corrected chi connectivity index (χ4v) is 1.53. The molecule has 1 rings (SSSR count). The quantitative estimate of drug-likeness (QED) is 0.590. The second kappa shape index (κ2) is 4.41. The van der Waals surface area contributed by atoms with Crippen LogP contribution in [-0.4, -0.2) is 53.8 Å². The predicted octanol–water partition coefficient (Wildman–Crippen LogP) is -0.976. The van der Waals surface area contributed by atoms with E-state index in [1.54, 1.807) is 23.6 Å². The van der Waals surface area contributed by atoms with Crippen LogP contribution in [0.15, 0.2) is 0 Å². The Morgan fingerprint density at radius 2 is 1.57 bits per heavy atom. The highest BCUT2D eigenvalue weighted by Gasteiger charge is 2.23. The van der Waals surface area contributed by atoms with E-state index in [0.717, 1.165) is 0 Å². The van der Waals surface area contributed by atoms with Gasteiger partial charge in [-0.3, -0.25) is 9.59 Å². The van der Waals surface area contributed by atoms with Crippen LogP contribution in [0.5, 0.6) is 0 Å². The molecule has 14 heavy (non-hydrogen) atoms. The van der Waals surface area contributed by atoms with Crippen molar-refractivity contribution in [1.29, 1.82) is 0 Å². The molecule has 0 aromatic rings. The minimum absolute atomic E-state index is 0.0341. The van der Waals surface area contributed by atoms with E-state index < -0.39 is 6.04 Å². The molecular weight excluding hydrogens is 182 g/mol. The Bertz CT molecular complexity index is 232. The number of carbonyl (C=O) groups excluding carboxylic acids is 2. The first-order valence-electron chi connectivity index (χ1n) is 4.82. The number of piperazine rings is 1. The summed E-state index contributed by atoms with van der Waals surface area (Å²) < 4.78 is 0. The summed E-state index contributed by atoms with van der Waals surface area (Å²) in [5.41, 5.74) is 5.49. The molecule has 2 N–H and O–H groups in total. The number of rotatable bonds is 1. The third-order valence-electron chi connectivity index (χ3n) is 2.43. The zero-order chi connectivity index (χ0) is 10.7. The van der Waals surface area contributed by atoms with Gasteiger partial charge in [0.1, 0.15) is 0 Å². The molecule has 5 heteroatoms. The lowest BCUT2D eigenvalue weighted by Crippen LogP contribution is -2.53. The van der Waals surface area contributed by atoms with Gasteiger partial charge in [-0.1, -0.05) is 0 Å². The van der Waals surface area contributed by atoms with Gasteiger partial charge >= 0.3 is 0 Å². The van der Waals surface area contributed by atoms with Crippen LogP contribution in [0.1, 0.15) is 13.8 Å². The lowest BCUT2D eigenvalue weighted by Gasteiger charge is -2.34. The van der Waals surface area contributed by atoms with E-state index in [4.69, 9.17) is 5.73 Å². The van der Waals surface area contributed by atoms with E-state index in [2.05, 4.69) is 0 Å². The minimum Gasteiger partial charge on any atom is -0.339 e. The lowest BCUT2D eigenvalue weighted by molar-refractivity contribution is -0.139. The third kappa shape index (κ3) is 2.45. The van der Waals surface area contributed by atoms with Crippen LogP contribution >= 0.6 is 0 Å². The SMILES string of the molecule is CC(=O)N1CCN(C(=O)C(C)N)CC1. The Balaban J connectivity index is 2.43. The standard InChI is InChI=1S/C9H17N3O2/c1-7(10)9(14)12-5-3-11(4-6-12)8(2)13/h7H,3-6,10H2,1-2H3. The maximum atomic E-state index is 11.5. The lowest BCUT2D eigenvalue weighted by atomic mass is 10.2. The van der Waals surface area contributed by atoms with Crippen molar-refractivity contribution in [1.82, 2.24) is 9.80 Å². The molecule has 0 bridgehead atoms. The van der Waals surface area contributed by atoms with Crippen molar-refractivity contribution in [3.05, 3.63) is 0 Å². The Kier molecular flexibility index (Phi) is 3.46. The van der Waals surface area contributed by atoms with Crippen molar-refractivity contribution in [2.75, 3.05) is 26.2 Å². The molecule has 1 aliphatic rings. The van der Waals surface area contributed by atoms with Crippen molar-refractivity contribution >= 4 is 11.8 Å². The van der Waals surface area contributed by atoms with E-state index in [0.29, 0.717) is 26.2 Å². The van der Waals surface area contributed by atoms with Gasteiger partial charge in [-0.25, -0.2) is 0 Å². The summed E-state index contributed by atoms with van der Waals surface area (Å²) in [6.45, 7) is 5.66. The molecule has 0 radical (unpaired) electrons. The van der Waals surface area contributed by atoms with Crippen LogP contribution in [0, 0.1) is 0 Å². The van der Waals surface area contributed by atoms with Gasteiger partial charge in [-0.05, 0) is 6.92 Å². The zero-order valence-corrected chi connectivity index (χ0v) is 8.69. The third-order valence-corrected chi connectivity index (χ3v) is 2.43. The summed E-state index contributed by atoms with van der Waals surface area (Å²) in [5.74, 6) is 0.0334. The number of nitrogens with two attached hydrogens (primary N) is 1. The van der Waals surface area contributed by atoms with Gasteiger partial charge < -0.3 is 15.5 Å². The van der Waals surface area contributed by atoms with Gasteiger partial charge in [0.05, 0.1) is 6.04 Å². The number of nitrogens with zero attached hydrogens (tertiary/aromatic N) is 2. The highest BCUT2D eigenvalue weighted by molar-refractivity contribution is 5.81. The Morgan fingerprint density at radius 1 is 1.14 bits per heavy atom. The first kappa shape index (κ1) is 11.0. The summed E-state index contributed by atoms with van der Waals surface area (Å²) in [6.07, 6.45) is 0. The Labute approximate surface area is 83.8 Å². The van der Waals surface area contributed by atoms with Gasteiger partial charge in [-0.2, -0.15) is 0 Å². The molecule has 0 aromatic carbocycles. The van der Waals surface area contributed by atoms with Crippen LogP contribution in [0.3, 0.4) is 0 Å². The maximum Gasteiger partial charge on any atom is 0.239 e. The van der Waals surface area contributed by atoms with Crippen LogP contribution in [0.25, 0.3) is 0 Å². The van der Waals surface area contributed by atoms with Gasteiger partial charge in [0.25, 0.3) is 0 Å². The van der Waals surface area contributed by atoms with Crippen molar-refractivity contribution in [3.8, 4) is 0 Å². The predicted molar refractivity (Wildman–Crippen MR) is 52.5 cm³/mol. The summed E-state index contributed by atoms with van der Waals surface area (Å²) >= 11 is 0. The Morgan fingerprint density at radius 3 is 1.93 bits per heavy atom. The molecule has 5 nitrogen and oxygen atoms in total. The normalized spacial score (nSPS) is 19.4. The smallest absolute Gasteiger partial charge is 0.239 e. The first-order valence-corrected chi connectivity index (χ1v) is 4.82. The molecule has 0 aliphatic carbocycles. The largest absolute Gasteiger partial charge is 0.339 e. The Hall–Kier alpha value is -1.10. The molecular formula is C9H17N3O2. The zero-order valence-electron chi connectivity index (χ0n) is 8.69. The van der Waals surface area contributed by atoms with E-state index in [-0.39, 0.29) is 11.8 Å². The maximum absolute atomic E-state index is 11.5. The van der Waals surface area contributed by atoms with E-state index in [1.807, 2.05) is 0 Å². The van der Waals surface area contributed by atoms with Gasteiger partial charge in [0, 0.05) is 33.1 Å². The fraction of sp³-hybridized carbons (Fsp3) is 0.778. The number of hydrogen-bond acceptors (Lipinski definition) is 3. The molecule has 80 valence electrons. The highest BCUT2D eigenvalue weighted by Crippen LogP contribution is 2.03. The number of amides is 2. The average Bonchev–Trinajstić information content (AvgIpc) is 2.16. The molecule has 0 spiro atoms. The molecule has 1 saturated heterocycles. The first-order chi connectivity index (χ1) is 6.52. The summed E-state index contributed by atoms with van der Waals surface area (Å²) in [6, 6.07) is -0.445. The van der Waals surface area contributed by atoms with Crippen LogP contribution in [0.2, 0.25) is 0 Å². The summed E-state index contributed by atoms with van der Waals surface area (Å²) in [7, 11) is 0. The minimum atomic E-state index is -0.445. The molecule has 2 amide bonds. The molecule has 1 aliphatic heterocycles. The molecule has 1 heterocycles. The van der Waals surface area contributed by atoms with Crippen molar-refractivity contribution in [2.45, 2.75) is 19.9 Å². The summed E-state index contributed by atoms with van der Waals surface area (Å²) in [4.78, 5) is 25.9. The second-order valence-electron chi connectivity index (χ2n) is 3.62. The fourth-order valence-electron chi connectivity index (χ4n) is 1.53.